The fourth-order valence-corrected chi connectivity index (χ4v) is 5.00. The minimum absolute atomic E-state index is 0.0433. The molecular formula is C24H33N3O4S. The topological polar surface area (TPSA) is 87.7 Å². The Morgan fingerprint density at radius 2 is 1.75 bits per heavy atom. The van der Waals surface area contributed by atoms with Crippen molar-refractivity contribution in [3.8, 4) is 0 Å². The summed E-state index contributed by atoms with van der Waals surface area (Å²) in [6.45, 7) is 12.2. The lowest BCUT2D eigenvalue weighted by molar-refractivity contribution is -0.0948. The number of ether oxygens (including phenoxy) is 1. The molecule has 7 nitrogen and oxygen atoms in total. The predicted molar refractivity (Wildman–Crippen MR) is 126 cm³/mol. The van der Waals surface area contributed by atoms with Gasteiger partial charge in [-0.3, -0.25) is 14.4 Å². The minimum Gasteiger partial charge on any atom is -0.373 e. The quantitative estimate of drug-likeness (QED) is 0.663. The Bertz CT molecular complexity index is 1060. The van der Waals surface area contributed by atoms with Crippen molar-refractivity contribution in [2.45, 2.75) is 57.3 Å². The van der Waals surface area contributed by atoms with E-state index in [1.54, 1.807) is 30.3 Å². The lowest BCUT2D eigenvalue weighted by Gasteiger charge is -2.45. The summed E-state index contributed by atoms with van der Waals surface area (Å²) >= 11 is 0. The Morgan fingerprint density at radius 3 is 2.41 bits per heavy atom. The van der Waals surface area contributed by atoms with Gasteiger partial charge in [0.25, 0.3) is 15.9 Å². The fraction of sp³-hybridized carbons (Fsp3) is 0.458. The first-order valence-electron chi connectivity index (χ1n) is 10.8. The van der Waals surface area contributed by atoms with E-state index in [0.29, 0.717) is 17.8 Å². The molecule has 2 aromatic rings. The van der Waals surface area contributed by atoms with E-state index in [-0.39, 0.29) is 28.5 Å². The van der Waals surface area contributed by atoms with Crippen LogP contribution < -0.4 is 10.0 Å². The SMILES string of the molecule is Cc1cccc(NS(=O)(=O)c2cccc(C(=O)NCC(C)(C)N3CC(C)OC(C)C3)c2)c1. The summed E-state index contributed by atoms with van der Waals surface area (Å²) in [4.78, 5) is 15.2. The summed E-state index contributed by atoms with van der Waals surface area (Å²) in [7, 11) is -3.81. The number of carbonyl (C=O) groups is 1. The highest BCUT2D eigenvalue weighted by molar-refractivity contribution is 7.92. The van der Waals surface area contributed by atoms with Crippen molar-refractivity contribution in [3.05, 3.63) is 59.7 Å². The van der Waals surface area contributed by atoms with Gasteiger partial charge in [0.1, 0.15) is 0 Å². The molecule has 0 spiro atoms. The van der Waals surface area contributed by atoms with Crippen LogP contribution in [0, 0.1) is 6.92 Å². The molecular weight excluding hydrogens is 426 g/mol. The monoisotopic (exact) mass is 459 g/mol. The van der Waals surface area contributed by atoms with Gasteiger partial charge in [-0.25, -0.2) is 8.42 Å². The standard InChI is InChI=1S/C24H33N3O4S/c1-17-8-6-10-21(12-17)26-32(29,30)22-11-7-9-20(13-22)23(28)25-16-24(4,5)27-14-18(2)31-19(3)15-27/h6-13,18-19,26H,14-16H2,1-5H3,(H,25,28). The molecule has 2 N–H and O–H groups in total. The number of hydrogen-bond acceptors (Lipinski definition) is 5. The molecule has 2 unspecified atom stereocenters. The fourth-order valence-electron chi connectivity index (χ4n) is 3.91. The summed E-state index contributed by atoms with van der Waals surface area (Å²) in [5, 5.41) is 2.97. The first-order chi connectivity index (χ1) is 15.0. The summed E-state index contributed by atoms with van der Waals surface area (Å²) in [6, 6.07) is 13.2. The van der Waals surface area contributed by atoms with Crippen LogP contribution in [0.5, 0.6) is 0 Å². The number of benzene rings is 2. The molecule has 8 heteroatoms. The summed E-state index contributed by atoms with van der Waals surface area (Å²) < 4.78 is 34.0. The maximum atomic E-state index is 12.8. The Balaban J connectivity index is 1.68. The third-order valence-corrected chi connectivity index (χ3v) is 7.01. The number of morpholine rings is 1. The van der Waals surface area contributed by atoms with Crippen LogP contribution in [0.1, 0.15) is 43.6 Å². The average Bonchev–Trinajstić information content (AvgIpc) is 2.71. The van der Waals surface area contributed by atoms with Crippen molar-refractivity contribution in [3.63, 3.8) is 0 Å². The molecule has 32 heavy (non-hydrogen) atoms. The van der Waals surface area contributed by atoms with Crippen LogP contribution in [-0.4, -0.2) is 56.6 Å². The summed E-state index contributed by atoms with van der Waals surface area (Å²) in [6.07, 6.45) is 0.271. The number of aryl methyl sites for hydroxylation is 1. The van der Waals surface area contributed by atoms with Gasteiger partial charge >= 0.3 is 0 Å². The van der Waals surface area contributed by atoms with Gasteiger partial charge in [-0.15, -0.1) is 0 Å². The maximum absolute atomic E-state index is 12.8. The van der Waals surface area contributed by atoms with Crippen LogP contribution in [-0.2, 0) is 14.8 Å². The summed E-state index contributed by atoms with van der Waals surface area (Å²) in [5.41, 5.74) is 1.47. The molecule has 1 heterocycles. The molecule has 174 valence electrons. The predicted octanol–water partition coefficient (Wildman–Crippen LogP) is 3.41. The first kappa shape index (κ1) is 24.2. The van der Waals surface area contributed by atoms with Gasteiger partial charge in [0.15, 0.2) is 0 Å². The number of sulfonamides is 1. The van der Waals surface area contributed by atoms with Gasteiger partial charge in [-0.1, -0.05) is 18.2 Å². The number of rotatable bonds is 7. The smallest absolute Gasteiger partial charge is 0.261 e. The van der Waals surface area contributed by atoms with Gasteiger partial charge < -0.3 is 10.1 Å². The number of hydrogen-bond donors (Lipinski definition) is 2. The van der Waals surface area contributed by atoms with Gasteiger partial charge in [-0.2, -0.15) is 0 Å². The second kappa shape index (κ2) is 9.60. The number of amides is 1. The van der Waals surface area contributed by atoms with Crippen molar-refractivity contribution < 1.29 is 17.9 Å². The Hall–Kier alpha value is -2.42. The zero-order valence-electron chi connectivity index (χ0n) is 19.4. The molecule has 2 atom stereocenters. The Kier molecular flexibility index (Phi) is 7.27. The molecule has 0 aliphatic carbocycles. The van der Waals surface area contributed by atoms with Gasteiger partial charge in [-0.05, 0) is 70.5 Å². The third kappa shape index (κ3) is 6.09. The van der Waals surface area contributed by atoms with E-state index in [2.05, 4.69) is 28.8 Å². The Morgan fingerprint density at radius 1 is 1.09 bits per heavy atom. The first-order valence-corrected chi connectivity index (χ1v) is 12.3. The zero-order chi connectivity index (χ0) is 23.5. The maximum Gasteiger partial charge on any atom is 0.261 e. The highest BCUT2D eigenvalue weighted by atomic mass is 32.2. The van der Waals surface area contributed by atoms with Crippen molar-refractivity contribution >= 4 is 21.6 Å². The molecule has 1 aliphatic rings. The van der Waals surface area contributed by atoms with Crippen LogP contribution >= 0.6 is 0 Å². The van der Waals surface area contributed by atoms with Gasteiger partial charge in [0, 0.05) is 36.4 Å². The van der Waals surface area contributed by atoms with E-state index in [1.165, 1.54) is 12.1 Å². The van der Waals surface area contributed by atoms with Crippen LogP contribution in [0.4, 0.5) is 5.69 Å². The molecule has 1 aliphatic heterocycles. The van der Waals surface area contributed by atoms with Crippen molar-refractivity contribution in [1.82, 2.24) is 10.2 Å². The Labute approximate surface area is 191 Å². The van der Waals surface area contributed by atoms with E-state index in [4.69, 9.17) is 4.74 Å². The van der Waals surface area contributed by atoms with Crippen LogP contribution in [0.3, 0.4) is 0 Å². The highest BCUT2D eigenvalue weighted by Gasteiger charge is 2.33. The van der Waals surface area contributed by atoms with Crippen LogP contribution in [0.15, 0.2) is 53.4 Å². The number of anilines is 1. The molecule has 1 amide bonds. The van der Waals surface area contributed by atoms with Crippen molar-refractivity contribution in [2.24, 2.45) is 0 Å². The van der Waals surface area contributed by atoms with Crippen LogP contribution in [0.2, 0.25) is 0 Å². The number of nitrogens with zero attached hydrogens (tertiary/aromatic N) is 1. The molecule has 0 saturated carbocycles. The van der Waals surface area contributed by atoms with E-state index < -0.39 is 10.0 Å². The zero-order valence-corrected chi connectivity index (χ0v) is 20.2. The van der Waals surface area contributed by atoms with Gasteiger partial charge in [0.2, 0.25) is 0 Å². The third-order valence-electron chi connectivity index (χ3n) is 5.63. The van der Waals surface area contributed by atoms with E-state index >= 15 is 0 Å². The lowest BCUT2D eigenvalue weighted by Crippen LogP contribution is -2.58. The average molecular weight is 460 g/mol. The molecule has 0 bridgehead atoms. The molecule has 3 rings (SSSR count). The summed E-state index contributed by atoms with van der Waals surface area (Å²) in [5.74, 6) is -0.306. The molecule has 0 radical (unpaired) electrons. The molecule has 1 fully saturated rings. The molecule has 1 saturated heterocycles. The van der Waals surface area contributed by atoms with Crippen molar-refractivity contribution in [1.29, 1.82) is 0 Å². The normalized spacial score (nSPS) is 20.0. The highest BCUT2D eigenvalue weighted by Crippen LogP contribution is 2.21. The van der Waals surface area contributed by atoms with E-state index in [0.717, 1.165) is 18.7 Å². The largest absolute Gasteiger partial charge is 0.373 e. The second-order valence-electron chi connectivity index (χ2n) is 9.16. The van der Waals surface area contributed by atoms with E-state index in [1.807, 2.05) is 26.8 Å². The minimum atomic E-state index is -3.81. The second-order valence-corrected chi connectivity index (χ2v) is 10.8. The lowest BCUT2D eigenvalue weighted by atomic mass is 10.00. The van der Waals surface area contributed by atoms with Crippen molar-refractivity contribution in [2.75, 3.05) is 24.4 Å². The van der Waals surface area contributed by atoms with Crippen LogP contribution in [0.25, 0.3) is 0 Å². The van der Waals surface area contributed by atoms with Gasteiger partial charge in [0.05, 0.1) is 17.1 Å². The molecule has 0 aromatic heterocycles. The van der Waals surface area contributed by atoms with E-state index in [9.17, 15) is 13.2 Å². The number of carbonyl (C=O) groups excluding carboxylic acids is 1. The number of nitrogens with one attached hydrogen (secondary N) is 2. The molecule has 2 aromatic carbocycles.